The maximum atomic E-state index is 13.3. The number of hydrogen-bond donors (Lipinski definition) is 2. The molecule has 1 aliphatic heterocycles. The van der Waals surface area contributed by atoms with Gasteiger partial charge in [-0.15, -0.1) is 10.2 Å². The standard InChI is InChI=1S/C33H40N6O4/c1-4-23(40)14-7-6-8-17-27(35-30(41)19-20-39-28-18-12-11-16-26(28)34-29(39)5-2)33-38-37-32(43-33)24-21-22-13-9-10-15-25(22)36-31(24)42-3/h9-13,15-16,18,21,27,29,34H,4-8,14,17,19-20H2,1-3H3,(H,35,41)/t27-,29?/m0/s1. The van der Waals surface area contributed by atoms with E-state index in [0.29, 0.717) is 49.6 Å². The molecule has 2 aromatic carbocycles. The molecule has 0 saturated carbocycles. The molecule has 10 heteroatoms. The maximum absolute atomic E-state index is 13.3. The number of anilines is 2. The van der Waals surface area contributed by atoms with Crippen LogP contribution in [0.1, 0.15) is 77.1 Å². The van der Waals surface area contributed by atoms with Gasteiger partial charge in [0.1, 0.15) is 17.4 Å². The Hall–Kier alpha value is -4.47. The summed E-state index contributed by atoms with van der Waals surface area (Å²) in [5.41, 5.74) is 3.59. The van der Waals surface area contributed by atoms with Crippen molar-refractivity contribution in [2.24, 2.45) is 0 Å². The lowest BCUT2D eigenvalue weighted by Crippen LogP contribution is -2.38. The zero-order valence-corrected chi connectivity index (χ0v) is 25.1. The van der Waals surface area contributed by atoms with Crippen LogP contribution in [-0.4, -0.2) is 46.7 Å². The molecule has 10 nitrogen and oxygen atoms in total. The van der Waals surface area contributed by atoms with Crippen LogP contribution in [-0.2, 0) is 9.59 Å². The summed E-state index contributed by atoms with van der Waals surface area (Å²) in [5.74, 6) is 1.19. The van der Waals surface area contributed by atoms with Crippen molar-refractivity contribution in [2.45, 2.75) is 77.4 Å². The normalized spacial score (nSPS) is 14.8. The fraction of sp³-hybridized carbons (Fsp3) is 0.424. The second-order valence-electron chi connectivity index (χ2n) is 10.8. The van der Waals surface area contributed by atoms with Gasteiger partial charge in [-0.25, -0.2) is 4.98 Å². The van der Waals surface area contributed by atoms with Gasteiger partial charge < -0.3 is 24.7 Å². The SMILES string of the molecule is CCC(=O)CCCCC[C@H](NC(=O)CCN1c2ccccc2NC1CC)c1nnc(-c2cc3ccccc3nc2OC)o1. The van der Waals surface area contributed by atoms with Crippen LogP contribution in [0.15, 0.2) is 59.0 Å². The van der Waals surface area contributed by atoms with Crippen molar-refractivity contribution in [3.05, 3.63) is 60.5 Å². The predicted octanol–water partition coefficient (Wildman–Crippen LogP) is 6.44. The molecule has 0 aliphatic carbocycles. The summed E-state index contributed by atoms with van der Waals surface area (Å²) in [6.07, 6.45) is 5.64. The number of unbranched alkanes of at least 4 members (excludes halogenated alkanes) is 2. The van der Waals surface area contributed by atoms with E-state index in [-0.39, 0.29) is 23.7 Å². The Balaban J connectivity index is 1.30. The van der Waals surface area contributed by atoms with Gasteiger partial charge in [-0.3, -0.25) is 9.59 Å². The third-order valence-electron chi connectivity index (χ3n) is 7.91. The highest BCUT2D eigenvalue weighted by Crippen LogP contribution is 2.35. The summed E-state index contributed by atoms with van der Waals surface area (Å²) in [6.45, 7) is 4.60. The van der Waals surface area contributed by atoms with E-state index in [0.717, 1.165) is 48.0 Å². The molecule has 1 aliphatic rings. The minimum atomic E-state index is -0.457. The zero-order chi connectivity index (χ0) is 30.2. The number of rotatable bonds is 15. The molecule has 0 fully saturated rings. The molecule has 43 heavy (non-hydrogen) atoms. The number of methoxy groups -OCH3 is 1. The third-order valence-corrected chi connectivity index (χ3v) is 7.91. The minimum Gasteiger partial charge on any atom is -0.480 e. The number of Topliss-reactive ketones (excluding diaryl/α,β-unsaturated/α-hetero) is 1. The molecule has 4 aromatic rings. The first-order valence-electron chi connectivity index (χ1n) is 15.2. The van der Waals surface area contributed by atoms with Crippen LogP contribution in [0, 0.1) is 0 Å². The fourth-order valence-electron chi connectivity index (χ4n) is 5.53. The highest BCUT2D eigenvalue weighted by atomic mass is 16.5. The average Bonchev–Trinajstić information content (AvgIpc) is 3.67. The van der Waals surface area contributed by atoms with Crippen LogP contribution in [0.2, 0.25) is 0 Å². The Morgan fingerprint density at radius 2 is 1.86 bits per heavy atom. The summed E-state index contributed by atoms with van der Waals surface area (Å²) >= 11 is 0. The number of nitrogens with zero attached hydrogens (tertiary/aromatic N) is 4. The quantitative estimate of drug-likeness (QED) is 0.152. The monoisotopic (exact) mass is 584 g/mol. The molecule has 0 radical (unpaired) electrons. The summed E-state index contributed by atoms with van der Waals surface area (Å²) < 4.78 is 11.7. The maximum Gasteiger partial charge on any atom is 0.253 e. The molecular weight excluding hydrogens is 544 g/mol. The molecule has 3 heterocycles. The van der Waals surface area contributed by atoms with E-state index in [9.17, 15) is 9.59 Å². The van der Waals surface area contributed by atoms with Crippen molar-refractivity contribution < 1.29 is 18.7 Å². The molecular formula is C33H40N6O4. The lowest BCUT2D eigenvalue weighted by atomic mass is 10.0. The van der Waals surface area contributed by atoms with Crippen LogP contribution >= 0.6 is 0 Å². The Bertz CT molecular complexity index is 1550. The van der Waals surface area contributed by atoms with Crippen molar-refractivity contribution in [1.29, 1.82) is 0 Å². The molecule has 1 unspecified atom stereocenters. The van der Waals surface area contributed by atoms with Gasteiger partial charge in [-0.05, 0) is 43.5 Å². The predicted molar refractivity (Wildman–Crippen MR) is 167 cm³/mol. The van der Waals surface area contributed by atoms with E-state index in [2.05, 4.69) is 49.8 Å². The number of amides is 1. The molecule has 0 spiro atoms. The Kier molecular flexibility index (Phi) is 9.86. The number of pyridine rings is 1. The third kappa shape index (κ3) is 7.13. The number of ether oxygens (including phenoxy) is 1. The Morgan fingerprint density at radius 1 is 1.05 bits per heavy atom. The molecule has 0 bridgehead atoms. The van der Waals surface area contributed by atoms with Crippen molar-refractivity contribution >= 4 is 34.0 Å². The molecule has 1 amide bonds. The van der Waals surface area contributed by atoms with E-state index >= 15 is 0 Å². The zero-order valence-electron chi connectivity index (χ0n) is 25.1. The van der Waals surface area contributed by atoms with E-state index in [1.165, 1.54) is 0 Å². The Labute approximate surface area is 252 Å². The molecule has 0 saturated heterocycles. The first-order chi connectivity index (χ1) is 21.0. The summed E-state index contributed by atoms with van der Waals surface area (Å²) in [5, 5.41) is 16.3. The van der Waals surface area contributed by atoms with E-state index in [1.807, 2.05) is 49.4 Å². The topological polar surface area (TPSA) is 122 Å². The van der Waals surface area contributed by atoms with Crippen LogP contribution in [0.5, 0.6) is 5.88 Å². The van der Waals surface area contributed by atoms with Gasteiger partial charge in [0.05, 0.1) is 30.2 Å². The Morgan fingerprint density at radius 3 is 2.67 bits per heavy atom. The van der Waals surface area contributed by atoms with E-state index in [4.69, 9.17) is 9.15 Å². The van der Waals surface area contributed by atoms with Crippen molar-refractivity contribution in [3.63, 3.8) is 0 Å². The fourth-order valence-corrected chi connectivity index (χ4v) is 5.53. The van der Waals surface area contributed by atoms with Crippen LogP contribution < -0.4 is 20.3 Å². The van der Waals surface area contributed by atoms with Gasteiger partial charge in [0.25, 0.3) is 5.89 Å². The van der Waals surface area contributed by atoms with Crippen molar-refractivity contribution in [3.8, 4) is 17.3 Å². The highest BCUT2D eigenvalue weighted by molar-refractivity contribution is 5.84. The molecule has 226 valence electrons. The summed E-state index contributed by atoms with van der Waals surface area (Å²) in [4.78, 5) is 31.9. The largest absolute Gasteiger partial charge is 0.480 e. The first kappa shape index (κ1) is 30.0. The van der Waals surface area contributed by atoms with Crippen LogP contribution in [0.4, 0.5) is 11.4 Å². The van der Waals surface area contributed by atoms with Gasteiger partial charge in [0.2, 0.25) is 17.7 Å². The number of carbonyl (C=O) groups is 2. The van der Waals surface area contributed by atoms with Gasteiger partial charge >= 0.3 is 0 Å². The van der Waals surface area contributed by atoms with Crippen molar-refractivity contribution in [2.75, 3.05) is 23.9 Å². The number of para-hydroxylation sites is 3. The van der Waals surface area contributed by atoms with Gasteiger partial charge in [-0.2, -0.15) is 0 Å². The number of fused-ring (bicyclic) bond motifs is 2. The van der Waals surface area contributed by atoms with E-state index in [1.54, 1.807) is 7.11 Å². The average molecular weight is 585 g/mol. The molecule has 5 rings (SSSR count). The van der Waals surface area contributed by atoms with Crippen LogP contribution in [0.3, 0.4) is 0 Å². The number of ketones is 1. The van der Waals surface area contributed by atoms with Gasteiger partial charge in [-0.1, -0.05) is 57.0 Å². The number of nitrogens with one attached hydrogen (secondary N) is 2. The molecule has 2 aromatic heterocycles. The smallest absolute Gasteiger partial charge is 0.253 e. The number of carbonyl (C=O) groups excluding carboxylic acids is 2. The lowest BCUT2D eigenvalue weighted by Gasteiger charge is -2.26. The van der Waals surface area contributed by atoms with E-state index < -0.39 is 6.04 Å². The minimum absolute atomic E-state index is 0.0879. The van der Waals surface area contributed by atoms with Crippen LogP contribution in [0.25, 0.3) is 22.4 Å². The van der Waals surface area contributed by atoms with Gasteiger partial charge in [0.15, 0.2) is 0 Å². The summed E-state index contributed by atoms with van der Waals surface area (Å²) in [6, 6.07) is 17.4. The second-order valence-corrected chi connectivity index (χ2v) is 10.8. The highest BCUT2D eigenvalue weighted by Gasteiger charge is 2.28. The molecule has 2 atom stereocenters. The number of aromatic nitrogens is 3. The van der Waals surface area contributed by atoms with Gasteiger partial charge in [0, 0.05) is 31.2 Å². The number of benzene rings is 2. The second kappa shape index (κ2) is 14.1. The molecule has 2 N–H and O–H groups in total. The lowest BCUT2D eigenvalue weighted by molar-refractivity contribution is -0.122. The number of hydrogen-bond acceptors (Lipinski definition) is 9. The first-order valence-corrected chi connectivity index (χ1v) is 15.2. The van der Waals surface area contributed by atoms with Crippen molar-refractivity contribution in [1.82, 2.24) is 20.5 Å². The summed E-state index contributed by atoms with van der Waals surface area (Å²) in [7, 11) is 1.56.